The van der Waals surface area contributed by atoms with Crippen LogP contribution in [0.2, 0.25) is 0 Å². The molecule has 0 saturated heterocycles. The molecule has 0 radical (unpaired) electrons. The zero-order chi connectivity index (χ0) is 21.4. The molecule has 2 rings (SSSR count). The van der Waals surface area contributed by atoms with E-state index in [-0.39, 0.29) is 11.6 Å². The molecule has 0 fully saturated rings. The standard InChI is InChI=1S/C23H24N2O4/c1-15-5-8-19(11-16(15)2)17(3)25-22(26)14-29-23(27)20(13-24)12-18-6-9-21(28-4)10-7-18/h5-12,17H,14H2,1-4H3,(H,25,26)/b20-12+/t17-/m0/s1. The van der Waals surface area contributed by atoms with Crippen LogP contribution >= 0.6 is 0 Å². The lowest BCUT2D eigenvalue weighted by atomic mass is 10.0. The van der Waals surface area contributed by atoms with Gasteiger partial charge in [-0.1, -0.05) is 30.3 Å². The van der Waals surface area contributed by atoms with E-state index in [1.807, 2.05) is 39.0 Å². The van der Waals surface area contributed by atoms with Gasteiger partial charge in [0.25, 0.3) is 5.91 Å². The molecule has 2 aromatic rings. The van der Waals surface area contributed by atoms with Gasteiger partial charge in [-0.15, -0.1) is 0 Å². The van der Waals surface area contributed by atoms with Gasteiger partial charge in [-0.2, -0.15) is 5.26 Å². The zero-order valence-electron chi connectivity index (χ0n) is 17.0. The molecule has 1 N–H and O–H groups in total. The number of nitriles is 1. The summed E-state index contributed by atoms with van der Waals surface area (Å²) in [6.07, 6.45) is 1.40. The Labute approximate surface area is 170 Å². The normalized spacial score (nSPS) is 11.9. The molecule has 6 nitrogen and oxygen atoms in total. The zero-order valence-corrected chi connectivity index (χ0v) is 17.0. The fraction of sp³-hybridized carbons (Fsp3) is 0.261. The minimum atomic E-state index is -0.850. The predicted molar refractivity (Wildman–Crippen MR) is 110 cm³/mol. The van der Waals surface area contributed by atoms with Crippen molar-refractivity contribution in [1.82, 2.24) is 5.32 Å². The molecule has 6 heteroatoms. The predicted octanol–water partition coefficient (Wildman–Crippen LogP) is 3.64. The third-order valence-electron chi connectivity index (χ3n) is 4.51. The number of carbonyl (C=O) groups excluding carboxylic acids is 2. The minimum absolute atomic E-state index is 0.190. The van der Waals surface area contributed by atoms with E-state index in [0.29, 0.717) is 11.3 Å². The summed E-state index contributed by atoms with van der Waals surface area (Å²) in [5.74, 6) is -0.624. The summed E-state index contributed by atoms with van der Waals surface area (Å²) >= 11 is 0. The molecule has 1 atom stereocenters. The maximum Gasteiger partial charge on any atom is 0.349 e. The highest BCUT2D eigenvalue weighted by atomic mass is 16.5. The topological polar surface area (TPSA) is 88.4 Å². The van der Waals surface area contributed by atoms with Gasteiger partial charge in [-0.3, -0.25) is 4.79 Å². The molecule has 0 unspecified atom stereocenters. The molecule has 2 aromatic carbocycles. The van der Waals surface area contributed by atoms with E-state index in [2.05, 4.69) is 5.32 Å². The van der Waals surface area contributed by atoms with Gasteiger partial charge < -0.3 is 14.8 Å². The average Bonchev–Trinajstić information content (AvgIpc) is 2.72. The molecular weight excluding hydrogens is 368 g/mol. The summed E-state index contributed by atoms with van der Waals surface area (Å²) in [6, 6.07) is 14.4. The number of benzene rings is 2. The summed E-state index contributed by atoms with van der Waals surface area (Å²) in [4.78, 5) is 24.2. The van der Waals surface area contributed by atoms with E-state index in [4.69, 9.17) is 9.47 Å². The van der Waals surface area contributed by atoms with Crippen molar-refractivity contribution in [2.75, 3.05) is 13.7 Å². The van der Waals surface area contributed by atoms with Crippen molar-refractivity contribution in [3.05, 3.63) is 70.3 Å². The molecule has 1 amide bonds. The van der Waals surface area contributed by atoms with Gasteiger partial charge in [0.1, 0.15) is 17.4 Å². The van der Waals surface area contributed by atoms with Crippen molar-refractivity contribution in [3.63, 3.8) is 0 Å². The summed E-state index contributed by atoms with van der Waals surface area (Å²) in [6.45, 7) is 5.42. The molecule has 0 spiro atoms. The Morgan fingerprint density at radius 2 is 1.83 bits per heavy atom. The van der Waals surface area contributed by atoms with E-state index in [1.165, 1.54) is 11.6 Å². The number of rotatable bonds is 7. The first kappa shape index (κ1) is 21.7. The van der Waals surface area contributed by atoms with Gasteiger partial charge in [0.15, 0.2) is 6.61 Å². The van der Waals surface area contributed by atoms with Crippen molar-refractivity contribution in [2.45, 2.75) is 26.8 Å². The van der Waals surface area contributed by atoms with Crippen LogP contribution in [0.5, 0.6) is 5.75 Å². The van der Waals surface area contributed by atoms with Crippen LogP contribution < -0.4 is 10.1 Å². The van der Waals surface area contributed by atoms with E-state index >= 15 is 0 Å². The largest absolute Gasteiger partial charge is 0.497 e. The number of amides is 1. The molecule has 0 aliphatic rings. The summed E-state index contributed by atoms with van der Waals surface area (Å²) in [5.41, 5.74) is 3.73. The number of hydrogen-bond acceptors (Lipinski definition) is 5. The van der Waals surface area contributed by atoms with Crippen molar-refractivity contribution in [3.8, 4) is 11.8 Å². The second-order valence-electron chi connectivity index (χ2n) is 6.65. The highest BCUT2D eigenvalue weighted by Crippen LogP contribution is 2.17. The third kappa shape index (κ3) is 6.22. The lowest BCUT2D eigenvalue weighted by molar-refractivity contribution is -0.144. The molecule has 0 saturated carbocycles. The SMILES string of the molecule is COc1ccc(/C=C(\C#N)C(=O)OCC(=O)N[C@@H](C)c2ccc(C)c(C)c2)cc1. The maximum atomic E-state index is 12.1. The van der Waals surface area contributed by atoms with E-state index in [9.17, 15) is 14.9 Å². The Bertz CT molecular complexity index is 956. The Kier molecular flexibility index (Phi) is 7.55. The van der Waals surface area contributed by atoms with E-state index in [1.54, 1.807) is 37.4 Å². The van der Waals surface area contributed by atoms with Crippen LogP contribution in [-0.4, -0.2) is 25.6 Å². The molecule has 29 heavy (non-hydrogen) atoms. The second-order valence-corrected chi connectivity index (χ2v) is 6.65. The quantitative estimate of drug-likeness (QED) is 0.441. The second kappa shape index (κ2) is 10.1. The first-order valence-corrected chi connectivity index (χ1v) is 9.13. The number of nitrogens with zero attached hydrogens (tertiary/aromatic N) is 1. The smallest absolute Gasteiger partial charge is 0.349 e. The lowest BCUT2D eigenvalue weighted by Gasteiger charge is -2.15. The average molecular weight is 392 g/mol. The minimum Gasteiger partial charge on any atom is -0.497 e. The molecule has 0 bridgehead atoms. The van der Waals surface area contributed by atoms with Crippen LogP contribution in [0.15, 0.2) is 48.0 Å². The Morgan fingerprint density at radius 3 is 2.41 bits per heavy atom. The van der Waals surface area contributed by atoms with Gasteiger partial charge in [-0.25, -0.2) is 4.79 Å². The third-order valence-corrected chi connectivity index (χ3v) is 4.51. The molecular formula is C23H24N2O4. The maximum absolute atomic E-state index is 12.1. The number of methoxy groups -OCH3 is 1. The van der Waals surface area contributed by atoms with Crippen LogP contribution in [0.1, 0.15) is 35.2 Å². The van der Waals surface area contributed by atoms with Gasteiger partial charge in [-0.05, 0) is 61.2 Å². The van der Waals surface area contributed by atoms with Crippen molar-refractivity contribution in [1.29, 1.82) is 5.26 Å². The Morgan fingerprint density at radius 1 is 1.14 bits per heavy atom. The lowest BCUT2D eigenvalue weighted by Crippen LogP contribution is -2.31. The fourth-order valence-corrected chi connectivity index (χ4v) is 2.61. The van der Waals surface area contributed by atoms with Crippen molar-refractivity contribution in [2.24, 2.45) is 0 Å². The van der Waals surface area contributed by atoms with Crippen LogP contribution in [0.25, 0.3) is 6.08 Å². The van der Waals surface area contributed by atoms with Gasteiger partial charge in [0.2, 0.25) is 0 Å². The Balaban J connectivity index is 1.93. The van der Waals surface area contributed by atoms with Crippen LogP contribution in [-0.2, 0) is 14.3 Å². The molecule has 0 aliphatic carbocycles. The number of ether oxygens (including phenoxy) is 2. The van der Waals surface area contributed by atoms with Crippen LogP contribution in [0.3, 0.4) is 0 Å². The highest BCUT2D eigenvalue weighted by molar-refractivity contribution is 5.98. The molecule has 0 heterocycles. The number of nitrogens with one attached hydrogen (secondary N) is 1. The fourth-order valence-electron chi connectivity index (χ4n) is 2.61. The molecule has 0 aromatic heterocycles. The van der Waals surface area contributed by atoms with Crippen LogP contribution in [0, 0.1) is 25.2 Å². The first-order valence-electron chi connectivity index (χ1n) is 9.13. The van der Waals surface area contributed by atoms with Gasteiger partial charge >= 0.3 is 5.97 Å². The van der Waals surface area contributed by atoms with Gasteiger partial charge in [0, 0.05) is 0 Å². The summed E-state index contributed by atoms with van der Waals surface area (Å²) < 4.78 is 10.1. The summed E-state index contributed by atoms with van der Waals surface area (Å²) in [7, 11) is 1.55. The van der Waals surface area contributed by atoms with E-state index < -0.39 is 18.5 Å². The molecule has 150 valence electrons. The van der Waals surface area contributed by atoms with E-state index in [0.717, 1.165) is 11.1 Å². The molecule has 0 aliphatic heterocycles. The Hall–Kier alpha value is -3.59. The highest BCUT2D eigenvalue weighted by Gasteiger charge is 2.15. The van der Waals surface area contributed by atoms with Crippen molar-refractivity contribution >= 4 is 18.0 Å². The monoisotopic (exact) mass is 392 g/mol. The number of carbonyl (C=O) groups is 2. The van der Waals surface area contributed by atoms with Crippen LogP contribution in [0.4, 0.5) is 0 Å². The van der Waals surface area contributed by atoms with Gasteiger partial charge in [0.05, 0.1) is 13.2 Å². The number of esters is 1. The van der Waals surface area contributed by atoms with Crippen molar-refractivity contribution < 1.29 is 19.1 Å². The first-order chi connectivity index (χ1) is 13.8. The number of aryl methyl sites for hydroxylation is 2. The summed E-state index contributed by atoms with van der Waals surface area (Å²) in [5, 5.41) is 12.0. The number of hydrogen-bond donors (Lipinski definition) is 1.